The molecule has 2 aliphatic heterocycles. The molecule has 0 atom stereocenters. The second-order valence-electron chi connectivity index (χ2n) is 9.63. The summed E-state index contributed by atoms with van der Waals surface area (Å²) in [5, 5.41) is 2.97. The predicted molar refractivity (Wildman–Crippen MR) is 131 cm³/mol. The molecule has 1 aromatic heterocycles. The molecule has 184 valence electrons. The van der Waals surface area contributed by atoms with Crippen LogP contribution in [0.15, 0.2) is 41.4 Å². The van der Waals surface area contributed by atoms with Crippen LogP contribution in [-0.2, 0) is 21.9 Å². The average Bonchev–Trinajstić information content (AvgIpc) is 3.23. The van der Waals surface area contributed by atoms with Gasteiger partial charge in [-0.05, 0) is 56.2 Å². The third-order valence-corrected chi connectivity index (χ3v) is 9.00. The molecule has 2 fully saturated rings. The number of carbonyl (C=O) groups excluding carboxylic acids is 2. The number of benzene rings is 1. The summed E-state index contributed by atoms with van der Waals surface area (Å²) >= 11 is 0. The minimum absolute atomic E-state index is 0.0743. The van der Waals surface area contributed by atoms with E-state index in [1.165, 1.54) is 16.6 Å². The Labute approximate surface area is 202 Å². The number of carbonyl (C=O) groups is 2. The molecule has 4 rings (SSSR count). The van der Waals surface area contributed by atoms with Crippen molar-refractivity contribution in [3.05, 3.63) is 47.8 Å². The van der Waals surface area contributed by atoms with Gasteiger partial charge >= 0.3 is 0 Å². The van der Waals surface area contributed by atoms with Crippen molar-refractivity contribution in [1.82, 2.24) is 13.8 Å². The summed E-state index contributed by atoms with van der Waals surface area (Å²) in [6.45, 7) is 6.07. The minimum atomic E-state index is -3.74. The molecule has 0 spiro atoms. The Morgan fingerprint density at radius 3 is 2.29 bits per heavy atom. The normalized spacial score (nSPS) is 18.7. The van der Waals surface area contributed by atoms with E-state index in [0.29, 0.717) is 37.5 Å². The zero-order valence-corrected chi connectivity index (χ0v) is 21.0. The first-order valence-corrected chi connectivity index (χ1v) is 13.4. The fourth-order valence-corrected chi connectivity index (χ4v) is 6.26. The average molecular weight is 487 g/mol. The number of hydrogen-bond acceptors (Lipinski definition) is 4. The van der Waals surface area contributed by atoms with Gasteiger partial charge in [0.2, 0.25) is 15.9 Å². The maximum atomic E-state index is 13.3. The number of aryl methyl sites for hydroxylation is 2. The van der Waals surface area contributed by atoms with Gasteiger partial charge in [0.1, 0.15) is 10.6 Å². The number of amides is 2. The topological polar surface area (TPSA) is 91.7 Å². The first kappa shape index (κ1) is 24.5. The lowest BCUT2D eigenvalue weighted by atomic mass is 9.97. The third-order valence-electron chi connectivity index (χ3n) is 7.14. The quantitative estimate of drug-likeness (QED) is 0.702. The van der Waals surface area contributed by atoms with Crippen molar-refractivity contribution in [3.8, 4) is 0 Å². The second kappa shape index (κ2) is 9.92. The summed E-state index contributed by atoms with van der Waals surface area (Å²) in [5.74, 6) is 0.174. The van der Waals surface area contributed by atoms with Gasteiger partial charge in [0.25, 0.3) is 5.91 Å². The number of hydrogen-bond donors (Lipinski definition) is 1. The molecular formula is C25H34N4O4S. The van der Waals surface area contributed by atoms with Crippen molar-refractivity contribution in [2.24, 2.45) is 18.9 Å². The number of anilines is 1. The lowest BCUT2D eigenvalue weighted by Crippen LogP contribution is -2.41. The van der Waals surface area contributed by atoms with Crippen LogP contribution >= 0.6 is 0 Å². The van der Waals surface area contributed by atoms with Crippen LogP contribution in [0.3, 0.4) is 0 Å². The second-order valence-corrected chi connectivity index (χ2v) is 11.6. The molecule has 0 saturated carbocycles. The molecule has 34 heavy (non-hydrogen) atoms. The maximum absolute atomic E-state index is 13.3. The van der Waals surface area contributed by atoms with Crippen molar-refractivity contribution >= 4 is 27.5 Å². The van der Waals surface area contributed by atoms with Crippen molar-refractivity contribution in [3.63, 3.8) is 0 Å². The maximum Gasteiger partial charge on any atom is 0.270 e. The SMILES string of the molecule is Cc1ccccc1NC(=O)C1CCN(S(=O)(=O)c2cc(C(=O)N3CCC(C)CC3)n(C)c2)CC1. The zero-order valence-electron chi connectivity index (χ0n) is 20.2. The first-order chi connectivity index (χ1) is 16.2. The van der Waals surface area contributed by atoms with Crippen LogP contribution in [0.2, 0.25) is 0 Å². The van der Waals surface area contributed by atoms with Crippen molar-refractivity contribution in [1.29, 1.82) is 0 Å². The molecule has 2 saturated heterocycles. The number of nitrogens with zero attached hydrogens (tertiary/aromatic N) is 3. The van der Waals surface area contributed by atoms with Gasteiger partial charge in [0, 0.05) is 51.0 Å². The molecule has 8 nitrogen and oxygen atoms in total. The van der Waals surface area contributed by atoms with Crippen LogP contribution in [0.5, 0.6) is 0 Å². The molecule has 2 aromatic rings. The van der Waals surface area contributed by atoms with E-state index in [4.69, 9.17) is 0 Å². The first-order valence-electron chi connectivity index (χ1n) is 12.0. The Hall–Kier alpha value is -2.65. The molecule has 0 bridgehead atoms. The Bertz CT molecular complexity index is 1160. The van der Waals surface area contributed by atoms with Gasteiger partial charge in [-0.1, -0.05) is 25.1 Å². The third kappa shape index (κ3) is 5.05. The lowest BCUT2D eigenvalue weighted by Gasteiger charge is -2.30. The standard InChI is InChI=1S/C25H34N4O4S/c1-18-8-12-28(13-9-18)25(31)23-16-21(17-27(23)3)34(32,33)29-14-10-20(11-15-29)24(30)26-22-7-5-4-6-19(22)2/h4-7,16-18,20H,8-15H2,1-3H3,(H,26,30). The summed E-state index contributed by atoms with van der Waals surface area (Å²) in [4.78, 5) is 27.6. The van der Waals surface area contributed by atoms with Crippen molar-refractivity contribution in [2.45, 2.75) is 44.4 Å². The van der Waals surface area contributed by atoms with Crippen LogP contribution in [0.1, 0.15) is 48.7 Å². The number of rotatable bonds is 5. The number of likely N-dealkylation sites (tertiary alicyclic amines) is 1. The van der Waals surface area contributed by atoms with E-state index >= 15 is 0 Å². The number of aromatic nitrogens is 1. The highest BCUT2D eigenvalue weighted by atomic mass is 32.2. The summed E-state index contributed by atoms with van der Waals surface area (Å²) in [7, 11) is -2.03. The largest absolute Gasteiger partial charge is 0.345 e. The summed E-state index contributed by atoms with van der Waals surface area (Å²) in [6.07, 6.45) is 4.37. The lowest BCUT2D eigenvalue weighted by molar-refractivity contribution is -0.120. The highest BCUT2D eigenvalue weighted by Gasteiger charge is 2.34. The van der Waals surface area contributed by atoms with E-state index in [-0.39, 0.29) is 35.7 Å². The molecule has 0 unspecified atom stereocenters. The highest BCUT2D eigenvalue weighted by molar-refractivity contribution is 7.89. The Morgan fingerprint density at radius 1 is 1.00 bits per heavy atom. The van der Waals surface area contributed by atoms with E-state index in [1.54, 1.807) is 11.6 Å². The molecule has 3 heterocycles. The van der Waals surface area contributed by atoms with Crippen LogP contribution < -0.4 is 5.32 Å². The summed E-state index contributed by atoms with van der Waals surface area (Å²) in [5.41, 5.74) is 2.16. The summed E-state index contributed by atoms with van der Waals surface area (Å²) < 4.78 is 29.6. The fourth-order valence-electron chi connectivity index (χ4n) is 4.72. The molecule has 2 amide bonds. The van der Waals surface area contributed by atoms with Gasteiger partial charge < -0.3 is 14.8 Å². The highest BCUT2D eigenvalue weighted by Crippen LogP contribution is 2.27. The van der Waals surface area contributed by atoms with E-state index in [0.717, 1.165) is 24.1 Å². The van der Waals surface area contributed by atoms with Gasteiger partial charge in [0.15, 0.2) is 0 Å². The Balaban J connectivity index is 1.40. The van der Waals surface area contributed by atoms with Crippen molar-refractivity contribution in [2.75, 3.05) is 31.5 Å². The zero-order chi connectivity index (χ0) is 24.5. The molecule has 1 N–H and O–H groups in total. The molecule has 0 radical (unpaired) electrons. The number of nitrogens with one attached hydrogen (secondary N) is 1. The smallest absolute Gasteiger partial charge is 0.270 e. The van der Waals surface area contributed by atoms with Gasteiger partial charge in [-0.15, -0.1) is 0 Å². The van der Waals surface area contributed by atoms with Gasteiger partial charge in [-0.2, -0.15) is 4.31 Å². The van der Waals surface area contributed by atoms with E-state index in [9.17, 15) is 18.0 Å². The Morgan fingerprint density at radius 2 is 1.65 bits per heavy atom. The van der Waals surface area contributed by atoms with Gasteiger partial charge in [0.05, 0.1) is 0 Å². The summed E-state index contributed by atoms with van der Waals surface area (Å²) in [6, 6.07) is 9.10. The van der Waals surface area contributed by atoms with Crippen LogP contribution in [-0.4, -0.2) is 60.2 Å². The van der Waals surface area contributed by atoms with Gasteiger partial charge in [-0.25, -0.2) is 8.42 Å². The van der Waals surface area contributed by atoms with Crippen molar-refractivity contribution < 1.29 is 18.0 Å². The number of piperidine rings is 2. The molecule has 0 aliphatic carbocycles. The minimum Gasteiger partial charge on any atom is -0.345 e. The molecule has 2 aliphatic rings. The fraction of sp³-hybridized carbons (Fsp3) is 0.520. The molecular weight excluding hydrogens is 452 g/mol. The van der Waals surface area contributed by atoms with Crippen LogP contribution in [0.4, 0.5) is 5.69 Å². The molecule has 1 aromatic carbocycles. The Kier molecular flexibility index (Phi) is 7.14. The van der Waals surface area contributed by atoms with E-state index in [1.807, 2.05) is 36.1 Å². The monoisotopic (exact) mass is 486 g/mol. The van der Waals surface area contributed by atoms with E-state index < -0.39 is 10.0 Å². The van der Waals surface area contributed by atoms with E-state index in [2.05, 4.69) is 12.2 Å². The van der Waals surface area contributed by atoms with Gasteiger partial charge in [-0.3, -0.25) is 9.59 Å². The number of sulfonamides is 1. The predicted octanol–water partition coefficient (Wildman–Crippen LogP) is 3.25. The van der Waals surface area contributed by atoms with Crippen LogP contribution in [0, 0.1) is 18.8 Å². The van der Waals surface area contributed by atoms with Crippen LogP contribution in [0.25, 0.3) is 0 Å². The molecule has 9 heteroatoms. The number of para-hydroxylation sites is 1.